The lowest BCUT2D eigenvalue weighted by Crippen LogP contribution is -2.01. The van der Waals surface area contributed by atoms with Gasteiger partial charge in [-0.2, -0.15) is 5.10 Å². The van der Waals surface area contributed by atoms with Crippen molar-refractivity contribution in [2.45, 2.75) is 13.8 Å². The van der Waals surface area contributed by atoms with Gasteiger partial charge in [0.15, 0.2) is 11.5 Å². The van der Waals surface area contributed by atoms with Crippen LogP contribution in [0.5, 0.6) is 17.2 Å². The quantitative estimate of drug-likeness (QED) is 0.652. The van der Waals surface area contributed by atoms with Crippen LogP contribution in [0, 0.1) is 13.8 Å². The van der Waals surface area contributed by atoms with Crippen molar-refractivity contribution in [2.24, 2.45) is 5.10 Å². The number of hydrazone groups is 1. The molecular weight excluding hydrogens is 296 g/mol. The van der Waals surface area contributed by atoms with Crippen LogP contribution in [0.25, 0.3) is 0 Å². The molecular formula is C16H20N4O3. The molecule has 1 N–H and O–H groups in total. The van der Waals surface area contributed by atoms with Gasteiger partial charge in [0.25, 0.3) is 0 Å². The fourth-order valence-electron chi connectivity index (χ4n) is 2.16. The van der Waals surface area contributed by atoms with Crippen molar-refractivity contribution in [3.05, 3.63) is 35.2 Å². The largest absolute Gasteiger partial charge is 0.493 e. The third-order valence-corrected chi connectivity index (χ3v) is 3.09. The topological polar surface area (TPSA) is 77.9 Å². The molecule has 0 saturated carbocycles. The summed E-state index contributed by atoms with van der Waals surface area (Å²) in [7, 11) is 4.70. The molecule has 2 aromatic rings. The molecule has 0 bridgehead atoms. The Kier molecular flexibility index (Phi) is 5.35. The monoisotopic (exact) mass is 316 g/mol. The summed E-state index contributed by atoms with van der Waals surface area (Å²) in [5.74, 6) is 2.09. The molecule has 23 heavy (non-hydrogen) atoms. The SMILES string of the molecule is COc1ccc(/C=N\Nc2nc(C)cc(C)n2)c(OC)c1OC. The number of ether oxygens (including phenoxy) is 3. The summed E-state index contributed by atoms with van der Waals surface area (Å²) in [5, 5.41) is 4.16. The molecule has 0 unspecified atom stereocenters. The predicted octanol–water partition coefficient (Wildman–Crippen LogP) is 2.57. The van der Waals surface area contributed by atoms with Crippen LogP contribution in [0.1, 0.15) is 17.0 Å². The zero-order valence-corrected chi connectivity index (χ0v) is 13.9. The minimum absolute atomic E-state index is 0.443. The molecule has 1 heterocycles. The van der Waals surface area contributed by atoms with Gasteiger partial charge in [-0.3, -0.25) is 0 Å². The van der Waals surface area contributed by atoms with E-state index in [4.69, 9.17) is 14.2 Å². The maximum atomic E-state index is 5.40. The van der Waals surface area contributed by atoms with Gasteiger partial charge in [0.05, 0.1) is 27.5 Å². The number of hydrogen-bond donors (Lipinski definition) is 1. The van der Waals surface area contributed by atoms with E-state index < -0.39 is 0 Å². The van der Waals surface area contributed by atoms with Crippen molar-refractivity contribution in [3.63, 3.8) is 0 Å². The molecule has 0 amide bonds. The second-order valence-corrected chi connectivity index (χ2v) is 4.77. The smallest absolute Gasteiger partial charge is 0.243 e. The molecule has 7 heteroatoms. The minimum Gasteiger partial charge on any atom is -0.493 e. The van der Waals surface area contributed by atoms with Crippen molar-refractivity contribution >= 4 is 12.2 Å². The van der Waals surface area contributed by atoms with E-state index >= 15 is 0 Å². The Balaban J connectivity index is 2.25. The predicted molar refractivity (Wildman–Crippen MR) is 88.8 cm³/mol. The molecule has 1 aromatic heterocycles. The molecule has 0 atom stereocenters. The zero-order chi connectivity index (χ0) is 16.8. The lowest BCUT2D eigenvalue weighted by atomic mass is 10.2. The summed E-state index contributed by atoms with van der Waals surface area (Å²) >= 11 is 0. The second kappa shape index (κ2) is 7.44. The fraction of sp³-hybridized carbons (Fsp3) is 0.312. The molecule has 0 aliphatic heterocycles. The Bertz CT molecular complexity index is 696. The van der Waals surface area contributed by atoms with Crippen LogP contribution < -0.4 is 19.6 Å². The number of anilines is 1. The van der Waals surface area contributed by atoms with Gasteiger partial charge in [0.1, 0.15) is 0 Å². The Morgan fingerprint density at radius 2 is 1.61 bits per heavy atom. The van der Waals surface area contributed by atoms with Crippen LogP contribution >= 0.6 is 0 Å². The zero-order valence-electron chi connectivity index (χ0n) is 13.9. The van der Waals surface area contributed by atoms with Crippen LogP contribution in [0.3, 0.4) is 0 Å². The van der Waals surface area contributed by atoms with Gasteiger partial charge in [0, 0.05) is 17.0 Å². The van der Waals surface area contributed by atoms with Crippen molar-refractivity contribution in [1.82, 2.24) is 9.97 Å². The molecule has 0 aliphatic carbocycles. The number of aromatic nitrogens is 2. The van der Waals surface area contributed by atoms with E-state index in [1.54, 1.807) is 33.6 Å². The van der Waals surface area contributed by atoms with Gasteiger partial charge < -0.3 is 14.2 Å². The summed E-state index contributed by atoms with van der Waals surface area (Å²) < 4.78 is 16.0. The van der Waals surface area contributed by atoms with E-state index in [2.05, 4.69) is 20.5 Å². The lowest BCUT2D eigenvalue weighted by Gasteiger charge is -2.13. The van der Waals surface area contributed by atoms with Gasteiger partial charge in [-0.15, -0.1) is 0 Å². The Labute approximate surface area is 135 Å². The number of rotatable bonds is 6. The summed E-state index contributed by atoms with van der Waals surface area (Å²) in [5.41, 5.74) is 5.30. The second-order valence-electron chi connectivity index (χ2n) is 4.77. The number of nitrogens with one attached hydrogen (secondary N) is 1. The van der Waals surface area contributed by atoms with Crippen molar-refractivity contribution in [2.75, 3.05) is 26.8 Å². The van der Waals surface area contributed by atoms with Crippen LogP contribution in [0.4, 0.5) is 5.95 Å². The third kappa shape index (κ3) is 3.88. The summed E-state index contributed by atoms with van der Waals surface area (Å²) in [6.45, 7) is 3.81. The first-order chi connectivity index (χ1) is 11.1. The summed E-state index contributed by atoms with van der Waals surface area (Å²) in [4.78, 5) is 8.51. The average Bonchev–Trinajstić information content (AvgIpc) is 2.53. The van der Waals surface area contributed by atoms with Crippen molar-refractivity contribution in [1.29, 1.82) is 0 Å². The molecule has 7 nitrogen and oxygen atoms in total. The Morgan fingerprint density at radius 1 is 0.957 bits per heavy atom. The van der Waals surface area contributed by atoms with Crippen LogP contribution in [-0.4, -0.2) is 37.5 Å². The standard InChI is InChI=1S/C16H20N4O3/c1-10-8-11(2)19-16(18-10)20-17-9-12-6-7-13(21-3)15(23-5)14(12)22-4/h6-9H,1-5H3,(H,18,19,20)/b17-9-. The first-order valence-corrected chi connectivity index (χ1v) is 6.99. The number of hydrogen-bond acceptors (Lipinski definition) is 7. The van der Waals surface area contributed by atoms with E-state index in [9.17, 15) is 0 Å². The normalized spacial score (nSPS) is 10.7. The summed E-state index contributed by atoms with van der Waals surface area (Å²) in [6.07, 6.45) is 1.61. The van der Waals surface area contributed by atoms with Gasteiger partial charge in [-0.05, 0) is 32.0 Å². The molecule has 0 saturated heterocycles. The molecule has 0 spiro atoms. The Hall–Kier alpha value is -2.83. The number of methoxy groups -OCH3 is 3. The maximum Gasteiger partial charge on any atom is 0.243 e. The first kappa shape index (κ1) is 16.5. The van der Waals surface area contributed by atoms with Crippen molar-refractivity contribution < 1.29 is 14.2 Å². The molecule has 0 fully saturated rings. The highest BCUT2D eigenvalue weighted by molar-refractivity contribution is 5.86. The van der Waals surface area contributed by atoms with E-state index in [1.165, 1.54) is 0 Å². The van der Waals surface area contributed by atoms with E-state index in [0.717, 1.165) is 17.0 Å². The minimum atomic E-state index is 0.443. The Morgan fingerprint density at radius 3 is 2.17 bits per heavy atom. The van der Waals surface area contributed by atoms with Crippen LogP contribution in [0.15, 0.2) is 23.3 Å². The van der Waals surface area contributed by atoms with Crippen LogP contribution in [-0.2, 0) is 0 Å². The van der Waals surface area contributed by atoms with Gasteiger partial charge in [-0.1, -0.05) is 0 Å². The molecule has 0 radical (unpaired) electrons. The third-order valence-electron chi connectivity index (χ3n) is 3.09. The highest BCUT2D eigenvalue weighted by Crippen LogP contribution is 2.38. The number of aryl methyl sites for hydroxylation is 2. The highest BCUT2D eigenvalue weighted by Gasteiger charge is 2.14. The van der Waals surface area contributed by atoms with E-state index in [1.807, 2.05) is 26.0 Å². The molecule has 0 aliphatic rings. The lowest BCUT2D eigenvalue weighted by molar-refractivity contribution is 0.324. The number of nitrogens with zero attached hydrogens (tertiary/aromatic N) is 3. The average molecular weight is 316 g/mol. The van der Waals surface area contributed by atoms with Gasteiger partial charge in [0.2, 0.25) is 11.7 Å². The fourth-order valence-corrected chi connectivity index (χ4v) is 2.16. The highest BCUT2D eigenvalue weighted by atomic mass is 16.5. The van der Waals surface area contributed by atoms with Gasteiger partial charge in [-0.25, -0.2) is 15.4 Å². The summed E-state index contributed by atoms with van der Waals surface area (Å²) in [6, 6.07) is 5.51. The molecule has 2 rings (SSSR count). The molecule has 122 valence electrons. The van der Waals surface area contributed by atoms with Gasteiger partial charge >= 0.3 is 0 Å². The molecule has 1 aromatic carbocycles. The number of benzene rings is 1. The maximum absolute atomic E-state index is 5.40. The van der Waals surface area contributed by atoms with Crippen LogP contribution in [0.2, 0.25) is 0 Å². The van der Waals surface area contributed by atoms with E-state index in [-0.39, 0.29) is 0 Å². The first-order valence-electron chi connectivity index (χ1n) is 6.99. The van der Waals surface area contributed by atoms with E-state index in [0.29, 0.717) is 23.2 Å². The van der Waals surface area contributed by atoms with Crippen molar-refractivity contribution in [3.8, 4) is 17.2 Å².